The fourth-order valence-corrected chi connectivity index (χ4v) is 2.54. The number of likely N-dealkylation sites (N-methyl/N-ethyl adjacent to an activating group) is 1. The minimum atomic E-state index is -0.0871. The normalized spacial score (nSPS) is 33.1. The first-order chi connectivity index (χ1) is 7.33. The van der Waals surface area contributed by atoms with Gasteiger partial charge in [0, 0.05) is 19.6 Å². The van der Waals surface area contributed by atoms with Crippen LogP contribution in [0, 0.1) is 0 Å². The van der Waals surface area contributed by atoms with E-state index >= 15 is 0 Å². The number of carbonyl (C=O) groups excluding carboxylic acids is 1. The van der Waals surface area contributed by atoms with Crippen LogP contribution in [-0.2, 0) is 4.79 Å². The van der Waals surface area contributed by atoms with Crippen molar-refractivity contribution in [3.63, 3.8) is 0 Å². The molecule has 2 saturated heterocycles. The lowest BCUT2D eigenvalue weighted by Gasteiger charge is -2.28. The van der Waals surface area contributed by atoms with Gasteiger partial charge in [-0.05, 0) is 25.9 Å². The predicted molar refractivity (Wildman–Crippen MR) is 58.9 cm³/mol. The van der Waals surface area contributed by atoms with Crippen molar-refractivity contribution in [1.82, 2.24) is 15.5 Å². The molecule has 0 amide bonds. The van der Waals surface area contributed by atoms with Gasteiger partial charge in [0.1, 0.15) is 0 Å². The van der Waals surface area contributed by atoms with Gasteiger partial charge in [0.05, 0.1) is 12.1 Å². The van der Waals surface area contributed by atoms with E-state index in [1.165, 1.54) is 0 Å². The minimum absolute atomic E-state index is 0.0871. The number of carbonyl (C=O) groups is 1. The van der Waals surface area contributed by atoms with Gasteiger partial charge in [-0.2, -0.15) is 0 Å². The molecular weight excluding hydrogens is 190 g/mol. The number of ketones is 1. The highest BCUT2D eigenvalue weighted by Gasteiger charge is 2.34. The summed E-state index contributed by atoms with van der Waals surface area (Å²) in [5.41, 5.74) is 0. The molecule has 0 saturated carbocycles. The summed E-state index contributed by atoms with van der Waals surface area (Å²) in [6.45, 7) is 6.64. The molecule has 1 radical (unpaired) electrons. The third kappa shape index (κ3) is 2.38. The van der Waals surface area contributed by atoms with Gasteiger partial charge in [0.2, 0.25) is 0 Å². The Morgan fingerprint density at radius 2 is 2.47 bits per heavy atom. The number of nitrogens with one attached hydrogen (secondary N) is 1. The molecule has 85 valence electrons. The van der Waals surface area contributed by atoms with Crippen molar-refractivity contribution in [3.8, 4) is 0 Å². The van der Waals surface area contributed by atoms with Crippen LogP contribution in [0.3, 0.4) is 0 Å². The third-order valence-electron chi connectivity index (χ3n) is 3.40. The molecule has 2 fully saturated rings. The largest absolute Gasteiger partial charge is 0.313 e. The van der Waals surface area contributed by atoms with Crippen molar-refractivity contribution < 1.29 is 4.79 Å². The number of Topliss-reactive ketones (excluding diaryl/α,β-unsaturated/α-hetero) is 1. The zero-order chi connectivity index (χ0) is 10.7. The maximum Gasteiger partial charge on any atom is 0.169 e. The molecule has 2 heterocycles. The Labute approximate surface area is 91.4 Å². The van der Waals surface area contributed by atoms with E-state index in [0.29, 0.717) is 5.78 Å². The summed E-state index contributed by atoms with van der Waals surface area (Å²) in [5, 5.41) is 7.64. The zero-order valence-electron chi connectivity index (χ0n) is 9.41. The summed E-state index contributed by atoms with van der Waals surface area (Å²) in [4.78, 5) is 14.5. The van der Waals surface area contributed by atoms with Gasteiger partial charge < -0.3 is 5.32 Å². The van der Waals surface area contributed by atoms with Crippen molar-refractivity contribution in [3.05, 3.63) is 0 Å². The summed E-state index contributed by atoms with van der Waals surface area (Å²) >= 11 is 0. The van der Waals surface area contributed by atoms with Gasteiger partial charge in [-0.25, -0.2) is 5.32 Å². The first kappa shape index (κ1) is 11.0. The molecule has 2 rings (SSSR count). The average Bonchev–Trinajstić information content (AvgIpc) is 2.77. The molecule has 2 aliphatic rings. The fraction of sp³-hybridized carbons (Fsp3) is 0.909. The Balaban J connectivity index is 1.93. The van der Waals surface area contributed by atoms with Crippen LogP contribution < -0.4 is 10.6 Å². The molecule has 0 aromatic heterocycles. The number of hydrogen-bond donors (Lipinski definition) is 1. The molecule has 0 aromatic carbocycles. The van der Waals surface area contributed by atoms with E-state index < -0.39 is 0 Å². The monoisotopic (exact) mass is 210 g/mol. The van der Waals surface area contributed by atoms with E-state index in [0.717, 1.165) is 45.6 Å². The molecule has 2 aliphatic heterocycles. The van der Waals surface area contributed by atoms with E-state index in [1.807, 2.05) is 0 Å². The molecule has 2 atom stereocenters. The lowest BCUT2D eigenvalue weighted by atomic mass is 10.0. The van der Waals surface area contributed by atoms with Gasteiger partial charge in [0.25, 0.3) is 0 Å². The summed E-state index contributed by atoms with van der Waals surface area (Å²) in [7, 11) is 0. The number of hydrogen-bond acceptors (Lipinski definition) is 3. The maximum absolute atomic E-state index is 12.2. The second-order valence-corrected chi connectivity index (χ2v) is 4.32. The van der Waals surface area contributed by atoms with Crippen LogP contribution >= 0.6 is 0 Å². The molecule has 4 heteroatoms. The molecule has 0 aliphatic carbocycles. The van der Waals surface area contributed by atoms with Crippen molar-refractivity contribution in [2.45, 2.75) is 31.8 Å². The van der Waals surface area contributed by atoms with Crippen LogP contribution in [-0.4, -0.2) is 55.5 Å². The second-order valence-electron chi connectivity index (χ2n) is 4.32. The van der Waals surface area contributed by atoms with Crippen LogP contribution in [0.1, 0.15) is 19.8 Å². The number of rotatable bonds is 3. The van der Waals surface area contributed by atoms with Crippen molar-refractivity contribution in [2.24, 2.45) is 0 Å². The van der Waals surface area contributed by atoms with Gasteiger partial charge in [-0.15, -0.1) is 0 Å². The highest BCUT2D eigenvalue weighted by atomic mass is 16.1. The Hall–Kier alpha value is -0.450. The fourth-order valence-electron chi connectivity index (χ4n) is 2.54. The molecule has 0 spiro atoms. The zero-order valence-corrected chi connectivity index (χ0v) is 9.41. The van der Waals surface area contributed by atoms with E-state index in [9.17, 15) is 4.79 Å². The molecule has 1 N–H and O–H groups in total. The summed E-state index contributed by atoms with van der Waals surface area (Å²) < 4.78 is 0. The summed E-state index contributed by atoms with van der Waals surface area (Å²) in [5.74, 6) is 0.335. The topological polar surface area (TPSA) is 46.4 Å². The van der Waals surface area contributed by atoms with Crippen molar-refractivity contribution in [1.29, 1.82) is 0 Å². The standard InChI is InChI=1S/C11H20N3O/c1-2-14-7-3-4-10(14)11(15)9-8-12-5-6-13-9/h9-10,12H,2-8H2,1H3/t9?,10-/m0/s1. The summed E-state index contributed by atoms with van der Waals surface area (Å²) in [6, 6.07) is 0.0551. The third-order valence-corrected chi connectivity index (χ3v) is 3.40. The number of likely N-dealkylation sites (tertiary alicyclic amines) is 1. The smallest absolute Gasteiger partial charge is 0.169 e. The lowest BCUT2D eigenvalue weighted by Crippen LogP contribution is -2.53. The predicted octanol–water partition coefficient (Wildman–Crippen LogP) is -0.384. The average molecular weight is 210 g/mol. The van der Waals surface area contributed by atoms with Crippen LogP contribution in [0.25, 0.3) is 0 Å². The van der Waals surface area contributed by atoms with Crippen LogP contribution in [0.5, 0.6) is 0 Å². The van der Waals surface area contributed by atoms with E-state index in [-0.39, 0.29) is 12.1 Å². The molecule has 4 nitrogen and oxygen atoms in total. The molecule has 0 bridgehead atoms. The van der Waals surface area contributed by atoms with Crippen LogP contribution in [0.2, 0.25) is 0 Å². The first-order valence-corrected chi connectivity index (χ1v) is 5.98. The Morgan fingerprint density at radius 3 is 3.13 bits per heavy atom. The molecular formula is C11H20N3O. The number of nitrogens with zero attached hydrogens (tertiary/aromatic N) is 2. The van der Waals surface area contributed by atoms with Crippen LogP contribution in [0.15, 0.2) is 0 Å². The highest BCUT2D eigenvalue weighted by molar-refractivity contribution is 5.89. The van der Waals surface area contributed by atoms with E-state index in [4.69, 9.17) is 0 Å². The lowest BCUT2D eigenvalue weighted by molar-refractivity contribution is -0.125. The van der Waals surface area contributed by atoms with Gasteiger partial charge in [-0.1, -0.05) is 6.92 Å². The Morgan fingerprint density at radius 1 is 1.60 bits per heavy atom. The second kappa shape index (κ2) is 5.05. The summed E-state index contributed by atoms with van der Waals surface area (Å²) in [6.07, 6.45) is 2.18. The Bertz CT molecular complexity index is 226. The van der Waals surface area contributed by atoms with Gasteiger partial charge in [-0.3, -0.25) is 9.69 Å². The highest BCUT2D eigenvalue weighted by Crippen LogP contribution is 2.18. The van der Waals surface area contributed by atoms with E-state index in [1.54, 1.807) is 0 Å². The quantitative estimate of drug-likeness (QED) is 0.690. The Kier molecular flexibility index (Phi) is 3.72. The minimum Gasteiger partial charge on any atom is -0.313 e. The molecule has 0 aromatic rings. The molecule has 1 unspecified atom stereocenters. The molecule has 15 heavy (non-hydrogen) atoms. The van der Waals surface area contributed by atoms with Gasteiger partial charge >= 0.3 is 0 Å². The van der Waals surface area contributed by atoms with E-state index in [2.05, 4.69) is 22.5 Å². The SMILES string of the molecule is CCN1CCC[C@H]1C(=O)C1CNCC[N]1. The van der Waals surface area contributed by atoms with Crippen LogP contribution in [0.4, 0.5) is 0 Å². The maximum atomic E-state index is 12.2. The van der Waals surface area contributed by atoms with Crippen molar-refractivity contribution >= 4 is 5.78 Å². The first-order valence-electron chi connectivity index (χ1n) is 5.98. The van der Waals surface area contributed by atoms with Crippen molar-refractivity contribution in [2.75, 3.05) is 32.7 Å². The van der Waals surface area contributed by atoms with Gasteiger partial charge in [0.15, 0.2) is 5.78 Å². The number of piperazine rings is 1.